The summed E-state index contributed by atoms with van der Waals surface area (Å²) in [5, 5.41) is 5.24. The second-order valence-electron chi connectivity index (χ2n) is 5.28. The Labute approximate surface area is 118 Å². The topological polar surface area (TPSA) is 102 Å². The molecule has 7 nitrogen and oxygen atoms in total. The van der Waals surface area contributed by atoms with Crippen molar-refractivity contribution in [2.75, 3.05) is 24.7 Å². The summed E-state index contributed by atoms with van der Waals surface area (Å²) in [6.07, 6.45) is 2.11. The minimum atomic E-state index is -3.02. The minimum Gasteiger partial charge on any atom is -0.376 e. The Kier molecular flexibility index (Phi) is 4.98. The van der Waals surface area contributed by atoms with Crippen LogP contribution in [0.1, 0.15) is 25.7 Å². The van der Waals surface area contributed by atoms with E-state index >= 15 is 0 Å². The number of rotatable bonds is 5. The highest BCUT2D eigenvalue weighted by Gasteiger charge is 2.29. The molecule has 0 spiro atoms. The van der Waals surface area contributed by atoms with E-state index in [1.807, 2.05) is 0 Å². The molecular weight excluding hydrogens is 284 g/mol. The number of sulfone groups is 1. The van der Waals surface area contributed by atoms with Crippen molar-refractivity contribution >= 4 is 21.7 Å². The zero-order chi connectivity index (χ0) is 14.6. The monoisotopic (exact) mass is 304 g/mol. The van der Waals surface area contributed by atoms with Crippen LogP contribution in [0.15, 0.2) is 0 Å². The summed E-state index contributed by atoms with van der Waals surface area (Å²) in [5.41, 5.74) is 0. The number of amides is 2. The van der Waals surface area contributed by atoms with Crippen molar-refractivity contribution in [1.82, 2.24) is 10.6 Å². The molecule has 8 heteroatoms. The number of ether oxygens (including phenoxy) is 1. The number of nitrogens with one attached hydrogen (secondary N) is 2. The third kappa shape index (κ3) is 4.75. The van der Waals surface area contributed by atoms with Crippen molar-refractivity contribution in [3.05, 3.63) is 0 Å². The van der Waals surface area contributed by atoms with Gasteiger partial charge in [0.2, 0.25) is 11.8 Å². The molecule has 20 heavy (non-hydrogen) atoms. The van der Waals surface area contributed by atoms with Crippen LogP contribution < -0.4 is 10.6 Å². The fourth-order valence-electron chi connectivity index (χ4n) is 2.43. The molecular formula is C12H20N2O5S. The van der Waals surface area contributed by atoms with Gasteiger partial charge in [0.05, 0.1) is 17.6 Å². The van der Waals surface area contributed by atoms with Crippen LogP contribution >= 0.6 is 0 Å². The maximum atomic E-state index is 11.6. The van der Waals surface area contributed by atoms with Gasteiger partial charge in [0.1, 0.15) is 6.42 Å². The lowest BCUT2D eigenvalue weighted by molar-refractivity contribution is -0.129. The summed E-state index contributed by atoms with van der Waals surface area (Å²) in [6, 6.07) is -0.363. The van der Waals surface area contributed by atoms with Crippen LogP contribution in [0.5, 0.6) is 0 Å². The molecule has 2 heterocycles. The largest absolute Gasteiger partial charge is 0.376 e. The van der Waals surface area contributed by atoms with E-state index in [1.165, 1.54) is 0 Å². The van der Waals surface area contributed by atoms with Gasteiger partial charge in [-0.15, -0.1) is 0 Å². The highest BCUT2D eigenvalue weighted by Crippen LogP contribution is 2.12. The van der Waals surface area contributed by atoms with E-state index < -0.39 is 15.7 Å². The van der Waals surface area contributed by atoms with Crippen LogP contribution in [-0.4, -0.2) is 57.0 Å². The van der Waals surface area contributed by atoms with Crippen LogP contribution in [0.25, 0.3) is 0 Å². The minimum absolute atomic E-state index is 0.0315. The van der Waals surface area contributed by atoms with Crippen molar-refractivity contribution in [2.45, 2.75) is 37.8 Å². The predicted octanol–water partition coefficient (Wildman–Crippen LogP) is -1.02. The van der Waals surface area contributed by atoms with Crippen LogP contribution in [0, 0.1) is 0 Å². The molecule has 2 amide bonds. The molecule has 0 bridgehead atoms. The molecule has 0 aromatic rings. The normalized spacial score (nSPS) is 28.2. The van der Waals surface area contributed by atoms with Crippen LogP contribution in [-0.2, 0) is 24.2 Å². The van der Waals surface area contributed by atoms with E-state index in [0.717, 1.165) is 19.4 Å². The van der Waals surface area contributed by atoms with Crippen LogP contribution in [0.2, 0.25) is 0 Å². The van der Waals surface area contributed by atoms with E-state index in [2.05, 4.69) is 10.6 Å². The molecule has 2 N–H and O–H groups in total. The maximum absolute atomic E-state index is 11.6. The Hall–Kier alpha value is -1.15. The van der Waals surface area contributed by atoms with Crippen LogP contribution in [0.3, 0.4) is 0 Å². The average Bonchev–Trinajstić information content (AvgIpc) is 2.96. The van der Waals surface area contributed by atoms with Gasteiger partial charge in [0.25, 0.3) is 0 Å². The second kappa shape index (κ2) is 6.53. The molecule has 2 saturated heterocycles. The van der Waals surface area contributed by atoms with E-state index in [0.29, 0.717) is 13.0 Å². The summed E-state index contributed by atoms with van der Waals surface area (Å²) in [4.78, 5) is 23.2. The number of hydrogen-bond donors (Lipinski definition) is 2. The fraction of sp³-hybridized carbons (Fsp3) is 0.833. The van der Waals surface area contributed by atoms with Crippen molar-refractivity contribution < 1.29 is 22.7 Å². The van der Waals surface area contributed by atoms with Gasteiger partial charge in [-0.1, -0.05) is 0 Å². The van der Waals surface area contributed by atoms with Crippen molar-refractivity contribution in [3.8, 4) is 0 Å². The molecule has 0 aliphatic carbocycles. The van der Waals surface area contributed by atoms with Crippen molar-refractivity contribution in [3.63, 3.8) is 0 Å². The first kappa shape index (κ1) is 15.2. The molecule has 2 aliphatic heterocycles. The zero-order valence-corrected chi connectivity index (χ0v) is 12.1. The molecule has 0 aromatic heterocycles. The first-order valence-corrected chi connectivity index (χ1v) is 8.65. The zero-order valence-electron chi connectivity index (χ0n) is 11.3. The Balaban J connectivity index is 1.64. The highest BCUT2D eigenvalue weighted by molar-refractivity contribution is 7.91. The lowest BCUT2D eigenvalue weighted by Gasteiger charge is -2.12. The van der Waals surface area contributed by atoms with Gasteiger partial charge in [-0.2, -0.15) is 0 Å². The summed E-state index contributed by atoms with van der Waals surface area (Å²) in [6.45, 7) is 1.14. The lowest BCUT2D eigenvalue weighted by atomic mass is 10.2. The smallest absolute Gasteiger partial charge is 0.229 e. The third-order valence-electron chi connectivity index (χ3n) is 3.47. The van der Waals surface area contributed by atoms with E-state index in [4.69, 9.17) is 4.74 Å². The summed E-state index contributed by atoms with van der Waals surface area (Å²) in [7, 11) is -3.02. The molecule has 2 aliphatic rings. The number of carbonyl (C=O) groups excluding carboxylic acids is 2. The molecule has 2 fully saturated rings. The van der Waals surface area contributed by atoms with Crippen LogP contribution in [0.4, 0.5) is 0 Å². The van der Waals surface area contributed by atoms with Gasteiger partial charge in [-0.3, -0.25) is 9.59 Å². The molecule has 2 atom stereocenters. The fourth-order valence-corrected chi connectivity index (χ4v) is 4.10. The first-order valence-electron chi connectivity index (χ1n) is 6.83. The Morgan fingerprint density at radius 3 is 2.60 bits per heavy atom. The van der Waals surface area contributed by atoms with Gasteiger partial charge in [0, 0.05) is 19.2 Å². The predicted molar refractivity (Wildman–Crippen MR) is 71.8 cm³/mol. The van der Waals surface area contributed by atoms with Gasteiger partial charge in [-0.05, 0) is 19.3 Å². The first-order chi connectivity index (χ1) is 9.44. The maximum Gasteiger partial charge on any atom is 0.229 e. The third-order valence-corrected chi connectivity index (χ3v) is 5.24. The Bertz CT molecular complexity index is 470. The highest BCUT2D eigenvalue weighted by atomic mass is 32.2. The molecule has 2 unspecified atom stereocenters. The molecule has 0 aromatic carbocycles. The second-order valence-corrected chi connectivity index (χ2v) is 7.51. The van der Waals surface area contributed by atoms with E-state index in [-0.39, 0.29) is 36.0 Å². The van der Waals surface area contributed by atoms with Gasteiger partial charge < -0.3 is 15.4 Å². The number of hydrogen-bond acceptors (Lipinski definition) is 5. The molecule has 0 saturated carbocycles. The quantitative estimate of drug-likeness (QED) is 0.633. The lowest BCUT2D eigenvalue weighted by Crippen LogP contribution is -2.40. The van der Waals surface area contributed by atoms with Gasteiger partial charge in [-0.25, -0.2) is 8.42 Å². The average molecular weight is 304 g/mol. The summed E-state index contributed by atoms with van der Waals surface area (Å²) < 4.78 is 27.9. The SMILES string of the molecule is O=C(CC(=O)NC1CCS(=O)(=O)C1)NCC1CCCO1. The number of carbonyl (C=O) groups is 2. The Morgan fingerprint density at radius 2 is 2.00 bits per heavy atom. The van der Waals surface area contributed by atoms with Crippen molar-refractivity contribution in [1.29, 1.82) is 0 Å². The van der Waals surface area contributed by atoms with Gasteiger partial charge >= 0.3 is 0 Å². The Morgan fingerprint density at radius 1 is 1.20 bits per heavy atom. The molecule has 114 valence electrons. The van der Waals surface area contributed by atoms with Crippen molar-refractivity contribution in [2.24, 2.45) is 0 Å². The summed E-state index contributed by atoms with van der Waals surface area (Å²) >= 11 is 0. The van der Waals surface area contributed by atoms with E-state index in [9.17, 15) is 18.0 Å². The van der Waals surface area contributed by atoms with Gasteiger partial charge in [0.15, 0.2) is 9.84 Å². The molecule has 0 radical (unpaired) electrons. The molecule has 2 rings (SSSR count). The standard InChI is InChI=1S/C12H20N2O5S/c15-11(13-7-10-2-1-4-19-10)6-12(16)14-9-3-5-20(17,18)8-9/h9-10H,1-8H2,(H,13,15)(H,14,16). The van der Waals surface area contributed by atoms with E-state index in [1.54, 1.807) is 0 Å². The summed E-state index contributed by atoms with van der Waals surface area (Å²) in [5.74, 6) is -0.727.